The van der Waals surface area contributed by atoms with Crippen molar-refractivity contribution in [3.05, 3.63) is 46.8 Å². The molecule has 18 heavy (non-hydrogen) atoms. The van der Waals surface area contributed by atoms with Gasteiger partial charge in [0.2, 0.25) is 0 Å². The Balaban J connectivity index is 2.12. The van der Waals surface area contributed by atoms with E-state index < -0.39 is 0 Å². The van der Waals surface area contributed by atoms with Crippen LogP contribution in [0.25, 0.3) is 10.9 Å². The molecule has 0 spiro atoms. The summed E-state index contributed by atoms with van der Waals surface area (Å²) < 4.78 is 1.88. The Kier molecular flexibility index (Phi) is 4.88. The molecule has 0 N–H and O–H groups in total. The Bertz CT molecular complexity index is 562. The predicted molar refractivity (Wildman–Crippen MR) is 80.5 cm³/mol. The van der Waals surface area contributed by atoms with Gasteiger partial charge in [-0.25, -0.2) is 0 Å². The molecule has 1 aromatic heterocycles. The summed E-state index contributed by atoms with van der Waals surface area (Å²) in [6.45, 7) is 0.812. The Labute approximate surface area is 113 Å². The van der Waals surface area contributed by atoms with Crippen molar-refractivity contribution < 1.29 is 0 Å². The number of fused-ring (bicyclic) bond motifs is 1. The number of nitrogens with zero attached hydrogens (tertiary/aromatic N) is 1. The molecule has 96 valence electrons. The van der Waals surface area contributed by atoms with E-state index in [0.717, 1.165) is 42.5 Å². The lowest BCUT2D eigenvalue weighted by Crippen LogP contribution is -2.19. The molecule has 1 heterocycles. The fourth-order valence-electron chi connectivity index (χ4n) is 2.21. The van der Waals surface area contributed by atoms with E-state index >= 15 is 0 Å². The molecular formula is C15H19NOS. The second kappa shape index (κ2) is 6.64. The highest BCUT2D eigenvalue weighted by Gasteiger charge is 2.01. The van der Waals surface area contributed by atoms with Gasteiger partial charge in [0, 0.05) is 12.6 Å². The number of benzene rings is 1. The summed E-state index contributed by atoms with van der Waals surface area (Å²) in [5.41, 5.74) is 1.14. The largest absolute Gasteiger partial charge is 0.308 e. The number of hydrogen-bond acceptors (Lipinski definition) is 2. The van der Waals surface area contributed by atoms with Gasteiger partial charge in [0.05, 0.1) is 5.52 Å². The number of unbranched alkanes of at least 4 members (excludes halogenated alkanes) is 3. The number of hydrogen-bond donors (Lipinski definition) is 1. The monoisotopic (exact) mass is 261 g/mol. The fraction of sp³-hybridized carbons (Fsp3) is 0.400. The van der Waals surface area contributed by atoms with Gasteiger partial charge in [-0.1, -0.05) is 31.0 Å². The predicted octanol–water partition coefficient (Wildman–Crippen LogP) is 3.49. The summed E-state index contributed by atoms with van der Waals surface area (Å²) in [4.78, 5) is 11.9. The number of pyridine rings is 1. The first-order valence-corrected chi connectivity index (χ1v) is 7.15. The molecule has 0 saturated carbocycles. The van der Waals surface area contributed by atoms with Gasteiger partial charge in [-0.15, -0.1) is 0 Å². The van der Waals surface area contributed by atoms with Crippen LogP contribution >= 0.6 is 12.6 Å². The van der Waals surface area contributed by atoms with E-state index in [1.165, 1.54) is 6.42 Å². The maximum atomic E-state index is 11.9. The summed E-state index contributed by atoms with van der Waals surface area (Å²) >= 11 is 4.20. The van der Waals surface area contributed by atoms with E-state index in [1.807, 2.05) is 34.9 Å². The van der Waals surface area contributed by atoms with Gasteiger partial charge in [0.15, 0.2) is 0 Å². The maximum Gasteiger partial charge on any atom is 0.251 e. The number of rotatable bonds is 6. The zero-order valence-corrected chi connectivity index (χ0v) is 11.4. The van der Waals surface area contributed by atoms with Crippen molar-refractivity contribution in [1.82, 2.24) is 4.57 Å². The number of thiol groups is 1. The van der Waals surface area contributed by atoms with Gasteiger partial charge in [-0.2, -0.15) is 12.6 Å². The molecule has 0 aliphatic heterocycles. The molecule has 0 saturated heterocycles. The average Bonchev–Trinajstić information content (AvgIpc) is 2.41. The van der Waals surface area contributed by atoms with E-state index in [4.69, 9.17) is 0 Å². The standard InChI is InChI=1S/C15H19NOS/c17-15-10-9-13-7-3-4-8-14(13)16(15)11-5-1-2-6-12-18/h3-4,7-10,18H,1-2,5-6,11-12H2. The zero-order chi connectivity index (χ0) is 12.8. The Hall–Kier alpha value is -1.22. The van der Waals surface area contributed by atoms with Crippen molar-refractivity contribution >= 4 is 23.5 Å². The van der Waals surface area contributed by atoms with Crippen LogP contribution in [0.4, 0.5) is 0 Å². The minimum absolute atomic E-state index is 0.0999. The third kappa shape index (κ3) is 3.16. The number of aromatic nitrogens is 1. The van der Waals surface area contributed by atoms with Gasteiger partial charge in [-0.05, 0) is 36.1 Å². The highest BCUT2D eigenvalue weighted by molar-refractivity contribution is 7.80. The van der Waals surface area contributed by atoms with E-state index in [2.05, 4.69) is 12.6 Å². The molecule has 2 rings (SSSR count). The van der Waals surface area contributed by atoms with Gasteiger partial charge >= 0.3 is 0 Å². The van der Waals surface area contributed by atoms with E-state index in [9.17, 15) is 4.79 Å². The summed E-state index contributed by atoms with van der Waals surface area (Å²) in [5.74, 6) is 0.953. The first-order chi connectivity index (χ1) is 8.83. The maximum absolute atomic E-state index is 11.9. The molecule has 0 atom stereocenters. The molecule has 2 aromatic rings. The van der Waals surface area contributed by atoms with Gasteiger partial charge in [0.25, 0.3) is 5.56 Å². The summed E-state index contributed by atoms with van der Waals surface area (Å²) in [6, 6.07) is 11.6. The Morgan fingerprint density at radius 3 is 2.56 bits per heavy atom. The average molecular weight is 261 g/mol. The van der Waals surface area contributed by atoms with Crippen LogP contribution in [0.2, 0.25) is 0 Å². The minimum atomic E-state index is 0.0999. The third-order valence-electron chi connectivity index (χ3n) is 3.19. The van der Waals surface area contributed by atoms with Crippen LogP contribution in [-0.2, 0) is 6.54 Å². The topological polar surface area (TPSA) is 22.0 Å². The smallest absolute Gasteiger partial charge is 0.251 e. The van der Waals surface area contributed by atoms with Crippen LogP contribution in [-0.4, -0.2) is 10.3 Å². The van der Waals surface area contributed by atoms with Crippen LogP contribution in [0.1, 0.15) is 25.7 Å². The van der Waals surface area contributed by atoms with Crippen LogP contribution in [0.15, 0.2) is 41.2 Å². The van der Waals surface area contributed by atoms with Crippen molar-refractivity contribution in [2.45, 2.75) is 32.2 Å². The number of aryl methyl sites for hydroxylation is 1. The first-order valence-electron chi connectivity index (χ1n) is 6.52. The van der Waals surface area contributed by atoms with Crippen LogP contribution in [0, 0.1) is 0 Å². The summed E-state index contributed by atoms with van der Waals surface area (Å²) in [7, 11) is 0. The lowest BCUT2D eigenvalue weighted by atomic mass is 10.2. The molecule has 3 heteroatoms. The van der Waals surface area contributed by atoms with Crippen molar-refractivity contribution in [3.63, 3.8) is 0 Å². The second-order valence-corrected chi connectivity index (χ2v) is 4.97. The SMILES string of the molecule is O=c1ccc2ccccc2n1CCCCCCS. The fourth-order valence-corrected chi connectivity index (χ4v) is 2.43. The molecule has 0 aliphatic rings. The molecule has 2 nitrogen and oxygen atoms in total. The van der Waals surface area contributed by atoms with Crippen molar-refractivity contribution in [1.29, 1.82) is 0 Å². The Morgan fingerprint density at radius 1 is 0.944 bits per heavy atom. The quantitative estimate of drug-likeness (QED) is 0.624. The molecule has 0 bridgehead atoms. The lowest BCUT2D eigenvalue weighted by Gasteiger charge is -2.09. The zero-order valence-electron chi connectivity index (χ0n) is 10.5. The van der Waals surface area contributed by atoms with Crippen molar-refractivity contribution in [2.24, 2.45) is 0 Å². The Morgan fingerprint density at radius 2 is 1.72 bits per heavy atom. The van der Waals surface area contributed by atoms with E-state index in [0.29, 0.717) is 0 Å². The van der Waals surface area contributed by atoms with E-state index in [-0.39, 0.29) is 5.56 Å². The van der Waals surface area contributed by atoms with Crippen LogP contribution in [0.5, 0.6) is 0 Å². The summed E-state index contributed by atoms with van der Waals surface area (Å²) in [6.07, 6.45) is 4.58. The van der Waals surface area contributed by atoms with Crippen LogP contribution < -0.4 is 5.56 Å². The third-order valence-corrected chi connectivity index (χ3v) is 3.51. The lowest BCUT2D eigenvalue weighted by molar-refractivity contribution is 0.584. The normalized spacial score (nSPS) is 10.9. The molecule has 0 unspecified atom stereocenters. The van der Waals surface area contributed by atoms with Gasteiger partial charge < -0.3 is 4.57 Å². The second-order valence-electron chi connectivity index (χ2n) is 4.52. The molecule has 0 fully saturated rings. The highest BCUT2D eigenvalue weighted by Crippen LogP contribution is 2.12. The van der Waals surface area contributed by atoms with Gasteiger partial charge in [0.1, 0.15) is 0 Å². The van der Waals surface area contributed by atoms with Crippen molar-refractivity contribution in [2.75, 3.05) is 5.75 Å². The molecule has 0 amide bonds. The van der Waals surface area contributed by atoms with E-state index in [1.54, 1.807) is 6.07 Å². The molecule has 1 aromatic carbocycles. The molecule has 0 radical (unpaired) electrons. The highest BCUT2D eigenvalue weighted by atomic mass is 32.1. The van der Waals surface area contributed by atoms with Gasteiger partial charge in [-0.3, -0.25) is 4.79 Å². The number of para-hydroxylation sites is 1. The molecule has 0 aliphatic carbocycles. The van der Waals surface area contributed by atoms with Crippen molar-refractivity contribution in [3.8, 4) is 0 Å². The minimum Gasteiger partial charge on any atom is -0.308 e. The summed E-state index contributed by atoms with van der Waals surface area (Å²) in [5, 5.41) is 1.13. The molecular weight excluding hydrogens is 242 g/mol. The first kappa shape index (κ1) is 13.2. The van der Waals surface area contributed by atoms with Crippen LogP contribution in [0.3, 0.4) is 0 Å².